The van der Waals surface area contributed by atoms with Crippen LogP contribution in [0.2, 0.25) is 0 Å². The molecule has 0 radical (unpaired) electrons. The van der Waals surface area contributed by atoms with Crippen molar-refractivity contribution in [1.82, 2.24) is 0 Å². The summed E-state index contributed by atoms with van der Waals surface area (Å²) in [5.41, 5.74) is 0.307. The van der Waals surface area contributed by atoms with Crippen LogP contribution in [0.4, 0.5) is 14.5 Å². The average Bonchev–Trinajstić information content (AvgIpc) is 2.41. The van der Waals surface area contributed by atoms with Gasteiger partial charge in [-0.2, -0.15) is 0 Å². The van der Waals surface area contributed by atoms with Gasteiger partial charge in [0.05, 0.1) is 12.3 Å². The third-order valence-electron chi connectivity index (χ3n) is 1.55. The number of hydrogen-bond acceptors (Lipinski definition) is 4. The Morgan fingerprint density at radius 3 is 2.14 bits per heavy atom. The van der Waals surface area contributed by atoms with Crippen LogP contribution in [0, 0.1) is 24.0 Å². The Labute approximate surface area is 130 Å². The molecule has 0 heterocycles. The number of anilines is 1. The van der Waals surface area contributed by atoms with Gasteiger partial charge in [0.1, 0.15) is 17.9 Å². The Bertz CT molecular complexity index is 457. The lowest BCUT2D eigenvalue weighted by Crippen LogP contribution is -1.95. The van der Waals surface area contributed by atoms with E-state index in [1.54, 1.807) is 20.9 Å². The maximum absolute atomic E-state index is 12.5. The second kappa shape index (κ2) is 18.6. The monoisotopic (exact) mass is 315 g/mol. The third-order valence-corrected chi connectivity index (χ3v) is 1.55. The minimum Gasteiger partial charge on any atom is -0.466 e. The van der Waals surface area contributed by atoms with Crippen LogP contribution in [0.1, 0.15) is 27.7 Å². The van der Waals surface area contributed by atoms with Gasteiger partial charge in [0, 0.05) is 20.0 Å². The highest BCUT2D eigenvalue weighted by Crippen LogP contribution is 2.13. The molecular weight excluding hydrogens is 292 g/mol. The SMILES string of the molecule is C#CC.CC=O.CCOC(C)=O.CNc1ccc(F)cc1F. The largest absolute Gasteiger partial charge is 0.466 e. The zero-order valence-electron chi connectivity index (χ0n) is 13.6. The molecule has 1 N–H and O–H groups in total. The predicted octanol–water partition coefficient (Wildman–Crippen LogP) is 3.42. The maximum Gasteiger partial charge on any atom is 0.302 e. The van der Waals surface area contributed by atoms with Gasteiger partial charge in [-0.15, -0.1) is 12.3 Å². The highest BCUT2D eigenvalue weighted by molar-refractivity contribution is 5.65. The van der Waals surface area contributed by atoms with E-state index in [0.717, 1.165) is 12.4 Å². The third kappa shape index (κ3) is 19.9. The van der Waals surface area contributed by atoms with Crippen LogP contribution in [0.3, 0.4) is 0 Å². The van der Waals surface area contributed by atoms with Crippen molar-refractivity contribution >= 4 is 17.9 Å². The molecule has 0 saturated carbocycles. The molecule has 4 nitrogen and oxygen atoms in total. The zero-order valence-corrected chi connectivity index (χ0v) is 13.6. The molecule has 22 heavy (non-hydrogen) atoms. The zero-order chi connectivity index (χ0) is 18.0. The fourth-order valence-electron chi connectivity index (χ4n) is 0.895. The van der Waals surface area contributed by atoms with E-state index in [-0.39, 0.29) is 5.97 Å². The lowest BCUT2D eigenvalue weighted by Gasteiger charge is -1.99. The topological polar surface area (TPSA) is 55.4 Å². The number of aldehydes is 1. The molecule has 1 rings (SSSR count). The molecule has 0 aliphatic rings. The lowest BCUT2D eigenvalue weighted by atomic mass is 10.3. The van der Waals surface area contributed by atoms with Crippen LogP contribution < -0.4 is 5.32 Å². The minimum absolute atomic E-state index is 0.211. The molecule has 124 valence electrons. The van der Waals surface area contributed by atoms with Gasteiger partial charge >= 0.3 is 5.97 Å². The Morgan fingerprint density at radius 1 is 1.45 bits per heavy atom. The number of benzene rings is 1. The molecule has 1 aromatic rings. The smallest absolute Gasteiger partial charge is 0.302 e. The summed E-state index contributed by atoms with van der Waals surface area (Å²) >= 11 is 0. The molecule has 1 aromatic carbocycles. The second-order valence-corrected chi connectivity index (χ2v) is 3.32. The van der Waals surface area contributed by atoms with Crippen LogP contribution >= 0.6 is 0 Å². The van der Waals surface area contributed by atoms with Gasteiger partial charge in [-0.3, -0.25) is 4.79 Å². The highest BCUT2D eigenvalue weighted by Gasteiger charge is 1.99. The number of esters is 1. The van der Waals surface area contributed by atoms with Gasteiger partial charge < -0.3 is 14.8 Å². The van der Waals surface area contributed by atoms with Crippen molar-refractivity contribution in [3.63, 3.8) is 0 Å². The van der Waals surface area contributed by atoms with E-state index in [4.69, 9.17) is 4.79 Å². The van der Waals surface area contributed by atoms with Crippen molar-refractivity contribution < 1.29 is 23.1 Å². The van der Waals surface area contributed by atoms with Crippen molar-refractivity contribution in [3.8, 4) is 12.3 Å². The number of carbonyl (C=O) groups excluding carboxylic acids is 2. The van der Waals surface area contributed by atoms with Gasteiger partial charge in [0.25, 0.3) is 0 Å². The molecule has 0 atom stereocenters. The molecule has 0 aliphatic carbocycles. The van der Waals surface area contributed by atoms with Gasteiger partial charge in [-0.05, 0) is 32.9 Å². The van der Waals surface area contributed by atoms with Gasteiger partial charge in [0.2, 0.25) is 0 Å². The molecular formula is C16H23F2NO3. The van der Waals surface area contributed by atoms with Crippen LogP contribution in [0.15, 0.2) is 18.2 Å². The first-order chi connectivity index (χ1) is 10.3. The van der Waals surface area contributed by atoms with Crippen molar-refractivity contribution in [2.75, 3.05) is 19.0 Å². The Balaban J connectivity index is -0.000000258. The van der Waals surface area contributed by atoms with Crippen LogP contribution in [-0.2, 0) is 14.3 Å². The first-order valence-corrected chi connectivity index (χ1v) is 6.37. The first-order valence-electron chi connectivity index (χ1n) is 6.37. The molecule has 0 bridgehead atoms. The van der Waals surface area contributed by atoms with Crippen LogP contribution in [0.5, 0.6) is 0 Å². The Hall–Kier alpha value is -2.42. The Kier molecular flexibility index (Phi) is 20.8. The summed E-state index contributed by atoms with van der Waals surface area (Å²) in [6.07, 6.45) is 5.35. The number of nitrogens with one attached hydrogen (secondary N) is 1. The number of carbonyl (C=O) groups is 2. The second-order valence-electron chi connectivity index (χ2n) is 3.32. The van der Waals surface area contributed by atoms with Gasteiger partial charge in [-0.25, -0.2) is 8.78 Å². The van der Waals surface area contributed by atoms with Crippen molar-refractivity contribution in [3.05, 3.63) is 29.8 Å². The molecule has 0 saturated heterocycles. The number of ether oxygens (including phenoxy) is 1. The first kappa shape index (κ1) is 24.6. The fraction of sp³-hybridized carbons (Fsp3) is 0.375. The summed E-state index contributed by atoms with van der Waals surface area (Å²) in [6.45, 7) is 6.75. The fourth-order valence-corrected chi connectivity index (χ4v) is 0.895. The average molecular weight is 315 g/mol. The van der Waals surface area contributed by atoms with Crippen molar-refractivity contribution in [2.45, 2.75) is 27.7 Å². The van der Waals surface area contributed by atoms with Crippen LogP contribution in [-0.4, -0.2) is 25.9 Å². The molecule has 6 heteroatoms. The lowest BCUT2D eigenvalue weighted by molar-refractivity contribution is -0.140. The van der Waals surface area contributed by atoms with Crippen LogP contribution in [0.25, 0.3) is 0 Å². The number of rotatable bonds is 2. The molecule has 0 fully saturated rings. The van der Waals surface area contributed by atoms with E-state index >= 15 is 0 Å². The summed E-state index contributed by atoms with van der Waals surface area (Å²) < 4.78 is 29.2. The number of terminal acetylenes is 1. The van der Waals surface area contributed by atoms with Crippen molar-refractivity contribution in [2.24, 2.45) is 0 Å². The minimum atomic E-state index is -0.567. The number of hydrogen-bond donors (Lipinski definition) is 1. The van der Waals surface area contributed by atoms with Gasteiger partial charge in [-0.1, -0.05) is 0 Å². The van der Waals surface area contributed by atoms with E-state index in [1.807, 2.05) is 0 Å². The molecule has 0 amide bonds. The van der Waals surface area contributed by atoms with E-state index in [1.165, 1.54) is 26.0 Å². The summed E-state index contributed by atoms with van der Waals surface area (Å²) in [7, 11) is 1.58. The van der Waals surface area contributed by atoms with E-state index < -0.39 is 11.6 Å². The van der Waals surface area contributed by atoms with Crippen molar-refractivity contribution in [1.29, 1.82) is 0 Å². The summed E-state index contributed by atoms with van der Waals surface area (Å²) in [4.78, 5) is 18.6. The summed E-state index contributed by atoms with van der Waals surface area (Å²) in [6, 6.07) is 3.39. The van der Waals surface area contributed by atoms with E-state index in [2.05, 4.69) is 22.4 Å². The molecule has 0 aliphatic heterocycles. The number of halogens is 2. The highest BCUT2D eigenvalue weighted by atomic mass is 19.1. The summed E-state index contributed by atoms with van der Waals surface area (Å²) in [5.74, 6) is 0.913. The standard InChI is InChI=1S/C7H7F2N.C4H8O2.C3H4.C2H4O/c1-10-7-3-2-5(8)4-6(7)9;1-3-6-4(2)5;1-3-2;1-2-3/h2-4,10H,1H3;3H2,1-2H3;1H,2H3;2H,1H3. The normalized spacial score (nSPS) is 7.36. The summed E-state index contributed by atoms with van der Waals surface area (Å²) in [5, 5.41) is 2.58. The quantitative estimate of drug-likeness (QED) is 0.516. The molecule has 0 spiro atoms. The molecule has 0 unspecified atom stereocenters. The van der Waals surface area contributed by atoms with E-state index in [0.29, 0.717) is 12.3 Å². The maximum atomic E-state index is 12.5. The van der Waals surface area contributed by atoms with E-state index in [9.17, 15) is 13.6 Å². The Morgan fingerprint density at radius 2 is 1.91 bits per heavy atom. The predicted molar refractivity (Wildman–Crippen MR) is 84.5 cm³/mol. The van der Waals surface area contributed by atoms with Gasteiger partial charge in [0.15, 0.2) is 0 Å². The molecule has 0 aromatic heterocycles.